The Bertz CT molecular complexity index is 1190. The maximum absolute atomic E-state index is 10.1. The third-order valence-electron chi connectivity index (χ3n) is 4.17. The summed E-state index contributed by atoms with van der Waals surface area (Å²) < 4.78 is 6.06. The minimum Gasteiger partial charge on any atom is -0.493 e. The molecular weight excluding hydrogens is 324 g/mol. The first-order valence-electron chi connectivity index (χ1n) is 8.15. The van der Waals surface area contributed by atoms with E-state index in [1.54, 1.807) is 18.2 Å². The number of aromatic hydroxyl groups is 1. The van der Waals surface area contributed by atoms with Gasteiger partial charge < -0.3 is 9.52 Å². The van der Waals surface area contributed by atoms with Crippen molar-refractivity contribution >= 4 is 27.5 Å². The topological polar surface area (TPSA) is 59.2 Å². The van der Waals surface area contributed by atoms with Crippen molar-refractivity contribution in [2.24, 2.45) is 0 Å². The lowest BCUT2D eigenvalue weighted by Crippen LogP contribution is -1.95. The molecule has 2 heterocycles. The fourth-order valence-corrected chi connectivity index (χ4v) is 3.01. The van der Waals surface area contributed by atoms with Crippen LogP contribution in [-0.4, -0.2) is 15.1 Å². The van der Waals surface area contributed by atoms with E-state index in [1.807, 2.05) is 42.5 Å². The van der Waals surface area contributed by atoms with Crippen molar-refractivity contribution in [3.63, 3.8) is 0 Å². The van der Waals surface area contributed by atoms with Crippen LogP contribution >= 0.6 is 0 Å². The van der Waals surface area contributed by atoms with E-state index >= 15 is 0 Å². The number of hydrogen-bond acceptors (Lipinski definition) is 4. The number of allylic oxidation sites excluding steroid dienone is 4. The van der Waals surface area contributed by atoms with Crippen LogP contribution in [0.2, 0.25) is 0 Å². The smallest absolute Gasteiger partial charge is 0.215 e. The number of fused-ring (bicyclic) bond motifs is 3. The lowest BCUT2D eigenvalue weighted by Gasteiger charge is -2.06. The van der Waals surface area contributed by atoms with Crippen molar-refractivity contribution < 1.29 is 9.52 Å². The SMILES string of the molecule is C=C/C=C(\C=C)c1nc(O)cc(-c2cccc3c2oc2ccccc23)n1. The van der Waals surface area contributed by atoms with Gasteiger partial charge in [-0.2, -0.15) is 4.98 Å². The zero-order chi connectivity index (χ0) is 18.1. The summed E-state index contributed by atoms with van der Waals surface area (Å²) in [6.07, 6.45) is 5.00. The second kappa shape index (κ2) is 6.33. The normalized spacial score (nSPS) is 11.8. The number of furan rings is 1. The summed E-state index contributed by atoms with van der Waals surface area (Å²) >= 11 is 0. The molecule has 0 atom stereocenters. The van der Waals surface area contributed by atoms with Crippen LogP contribution in [0.15, 0.2) is 84.3 Å². The molecule has 0 bridgehead atoms. The Hall–Kier alpha value is -3.66. The van der Waals surface area contributed by atoms with Crippen LogP contribution in [-0.2, 0) is 0 Å². The summed E-state index contributed by atoms with van der Waals surface area (Å²) in [7, 11) is 0. The van der Waals surface area contributed by atoms with E-state index in [9.17, 15) is 5.11 Å². The number of benzene rings is 2. The Kier molecular flexibility index (Phi) is 3.86. The largest absolute Gasteiger partial charge is 0.493 e. The Morgan fingerprint density at radius 1 is 1.00 bits per heavy atom. The van der Waals surface area contributed by atoms with E-state index in [-0.39, 0.29) is 5.88 Å². The maximum Gasteiger partial charge on any atom is 0.215 e. The van der Waals surface area contributed by atoms with Gasteiger partial charge in [-0.25, -0.2) is 4.98 Å². The van der Waals surface area contributed by atoms with E-state index in [2.05, 4.69) is 23.1 Å². The zero-order valence-electron chi connectivity index (χ0n) is 14.0. The van der Waals surface area contributed by atoms with Gasteiger partial charge in [0.1, 0.15) is 11.2 Å². The molecule has 2 aromatic carbocycles. The molecule has 4 rings (SSSR count). The van der Waals surface area contributed by atoms with Crippen LogP contribution in [0, 0.1) is 0 Å². The first-order valence-corrected chi connectivity index (χ1v) is 8.15. The van der Waals surface area contributed by atoms with Crippen LogP contribution in [0.25, 0.3) is 38.8 Å². The van der Waals surface area contributed by atoms with Gasteiger partial charge in [0.25, 0.3) is 0 Å². The summed E-state index contributed by atoms with van der Waals surface area (Å²) in [6.45, 7) is 7.46. The van der Waals surface area contributed by atoms with E-state index in [0.717, 1.165) is 27.5 Å². The molecule has 0 aliphatic rings. The fourth-order valence-electron chi connectivity index (χ4n) is 3.01. The highest BCUT2D eigenvalue weighted by Gasteiger charge is 2.15. The Balaban J connectivity index is 1.98. The second-order valence-corrected chi connectivity index (χ2v) is 5.78. The van der Waals surface area contributed by atoms with Gasteiger partial charge in [0.05, 0.1) is 5.69 Å². The van der Waals surface area contributed by atoms with E-state index in [4.69, 9.17) is 4.42 Å². The van der Waals surface area contributed by atoms with Crippen molar-refractivity contribution in [1.82, 2.24) is 9.97 Å². The Morgan fingerprint density at radius 3 is 2.62 bits per heavy atom. The quantitative estimate of drug-likeness (QED) is 0.498. The molecule has 0 amide bonds. The van der Waals surface area contributed by atoms with Gasteiger partial charge in [-0.1, -0.05) is 61.7 Å². The second-order valence-electron chi connectivity index (χ2n) is 5.78. The molecule has 2 aromatic heterocycles. The van der Waals surface area contributed by atoms with Gasteiger partial charge in [-0.05, 0) is 12.1 Å². The Labute approximate surface area is 150 Å². The van der Waals surface area contributed by atoms with Gasteiger partial charge in [-0.3, -0.25) is 0 Å². The predicted molar refractivity (Wildman–Crippen MR) is 105 cm³/mol. The van der Waals surface area contributed by atoms with E-state index < -0.39 is 0 Å². The van der Waals surface area contributed by atoms with Gasteiger partial charge >= 0.3 is 0 Å². The third kappa shape index (κ3) is 2.58. The number of aromatic nitrogens is 2. The van der Waals surface area contributed by atoms with Gasteiger partial charge in [0.2, 0.25) is 5.88 Å². The van der Waals surface area contributed by atoms with Gasteiger partial charge in [-0.15, -0.1) is 0 Å². The molecule has 0 fully saturated rings. The average Bonchev–Trinajstić information content (AvgIpc) is 3.04. The Morgan fingerprint density at radius 2 is 1.81 bits per heavy atom. The van der Waals surface area contributed by atoms with Gasteiger partial charge in [0, 0.05) is 28.0 Å². The molecule has 0 aliphatic carbocycles. The minimum absolute atomic E-state index is 0.116. The van der Waals surface area contributed by atoms with Crippen LogP contribution in [0.4, 0.5) is 0 Å². The predicted octanol–water partition coefficient (Wildman–Crippen LogP) is 5.50. The average molecular weight is 340 g/mol. The van der Waals surface area contributed by atoms with E-state index in [1.165, 1.54) is 6.07 Å². The first-order chi connectivity index (χ1) is 12.7. The molecule has 0 spiro atoms. The van der Waals surface area contributed by atoms with Crippen molar-refractivity contribution in [3.8, 4) is 17.1 Å². The van der Waals surface area contributed by atoms with Crippen molar-refractivity contribution in [1.29, 1.82) is 0 Å². The lowest BCUT2D eigenvalue weighted by atomic mass is 10.1. The van der Waals surface area contributed by atoms with Crippen LogP contribution in [0.1, 0.15) is 5.82 Å². The molecule has 0 saturated heterocycles. The molecule has 4 nitrogen and oxygen atoms in total. The number of para-hydroxylation sites is 2. The monoisotopic (exact) mass is 340 g/mol. The highest BCUT2D eigenvalue weighted by molar-refractivity contribution is 6.09. The van der Waals surface area contributed by atoms with Crippen molar-refractivity contribution in [3.05, 3.63) is 85.7 Å². The molecule has 0 unspecified atom stereocenters. The molecule has 4 heteroatoms. The molecule has 0 saturated carbocycles. The standard InChI is InChI=1S/C22H16N2O2/c1-3-8-14(4-2)22-23-18(13-20(25)24-22)17-11-7-10-16-15-9-5-6-12-19(15)26-21(16)17/h3-13H,1-2H2,(H,23,24,25)/b14-8+. The molecule has 126 valence electrons. The number of hydrogen-bond donors (Lipinski definition) is 1. The lowest BCUT2D eigenvalue weighted by molar-refractivity contribution is 0.451. The summed E-state index contributed by atoms with van der Waals surface area (Å²) in [5.74, 6) is 0.262. The molecule has 4 aromatic rings. The van der Waals surface area contributed by atoms with Crippen LogP contribution in [0.5, 0.6) is 5.88 Å². The van der Waals surface area contributed by atoms with E-state index in [0.29, 0.717) is 17.1 Å². The maximum atomic E-state index is 10.1. The molecular formula is C22H16N2O2. The van der Waals surface area contributed by atoms with Gasteiger partial charge in [0.15, 0.2) is 5.82 Å². The highest BCUT2D eigenvalue weighted by Crippen LogP contribution is 2.35. The summed E-state index contributed by atoms with van der Waals surface area (Å²) in [4.78, 5) is 8.69. The van der Waals surface area contributed by atoms with Crippen LogP contribution < -0.4 is 0 Å². The molecule has 1 N–H and O–H groups in total. The zero-order valence-corrected chi connectivity index (χ0v) is 14.0. The summed E-state index contributed by atoms with van der Waals surface area (Å²) in [5.41, 5.74) is 3.58. The van der Waals surface area contributed by atoms with Crippen molar-refractivity contribution in [2.75, 3.05) is 0 Å². The summed E-state index contributed by atoms with van der Waals surface area (Å²) in [6, 6.07) is 15.3. The fraction of sp³-hybridized carbons (Fsp3) is 0. The van der Waals surface area contributed by atoms with Crippen LogP contribution in [0.3, 0.4) is 0 Å². The third-order valence-corrected chi connectivity index (χ3v) is 4.17. The molecule has 26 heavy (non-hydrogen) atoms. The molecule has 0 radical (unpaired) electrons. The molecule has 0 aliphatic heterocycles. The minimum atomic E-state index is -0.116. The number of rotatable bonds is 4. The highest BCUT2D eigenvalue weighted by atomic mass is 16.3. The first kappa shape index (κ1) is 15.8. The van der Waals surface area contributed by atoms with Crippen molar-refractivity contribution in [2.45, 2.75) is 0 Å². The number of nitrogens with zero attached hydrogens (tertiary/aromatic N) is 2. The summed E-state index contributed by atoms with van der Waals surface area (Å²) in [5, 5.41) is 12.2.